The van der Waals surface area contributed by atoms with E-state index in [0.29, 0.717) is 29.7 Å². The van der Waals surface area contributed by atoms with Crippen molar-refractivity contribution in [1.82, 2.24) is 15.3 Å². The Balaban J connectivity index is 0.00000220. The van der Waals surface area contributed by atoms with Crippen LogP contribution in [-0.4, -0.2) is 29.0 Å². The minimum Gasteiger partial charge on any atom is -0.475 e. The Morgan fingerprint density at radius 3 is 2.86 bits per heavy atom. The molecule has 0 aliphatic heterocycles. The summed E-state index contributed by atoms with van der Waals surface area (Å²) >= 11 is 7.25. The van der Waals surface area contributed by atoms with E-state index >= 15 is 0 Å². The van der Waals surface area contributed by atoms with Gasteiger partial charge in [-0.1, -0.05) is 11.6 Å². The molecule has 0 aliphatic carbocycles. The summed E-state index contributed by atoms with van der Waals surface area (Å²) in [6.07, 6.45) is 1.59. The molecular formula is C12H15Cl3N4O2S. The van der Waals surface area contributed by atoms with Crippen LogP contribution in [0.25, 0.3) is 0 Å². The normalized spacial score (nSPS) is 9.36. The highest BCUT2D eigenvalue weighted by molar-refractivity contribution is 7.09. The number of carbonyl (C=O) groups excluding carboxylic acids is 1. The number of nitrogens with one attached hydrogen (secondary N) is 1. The Labute approximate surface area is 149 Å². The van der Waals surface area contributed by atoms with Crippen molar-refractivity contribution in [3.8, 4) is 5.88 Å². The van der Waals surface area contributed by atoms with Gasteiger partial charge in [0.25, 0.3) is 5.91 Å². The van der Waals surface area contributed by atoms with Gasteiger partial charge in [0.2, 0.25) is 5.88 Å². The quantitative estimate of drug-likeness (QED) is 0.745. The smallest absolute Gasteiger partial charge is 0.270 e. The first-order valence-corrected chi connectivity index (χ1v) is 7.12. The van der Waals surface area contributed by atoms with Gasteiger partial charge in [-0.15, -0.1) is 36.2 Å². The Bertz CT molecular complexity index is 597. The molecule has 0 saturated carbocycles. The molecule has 6 nitrogen and oxygen atoms in total. The Hall–Kier alpha value is -1.12. The number of hydrogen-bond donors (Lipinski definition) is 2. The van der Waals surface area contributed by atoms with Gasteiger partial charge in [-0.2, -0.15) is 0 Å². The first-order valence-electron chi connectivity index (χ1n) is 5.86. The van der Waals surface area contributed by atoms with Crippen molar-refractivity contribution in [3.05, 3.63) is 39.4 Å². The molecule has 0 unspecified atom stereocenters. The molecule has 0 fully saturated rings. The first-order chi connectivity index (χ1) is 9.70. The lowest BCUT2D eigenvalue weighted by molar-refractivity contribution is 0.0942. The number of nitrogens with two attached hydrogens (primary N) is 1. The third-order valence-corrected chi connectivity index (χ3v) is 3.47. The molecule has 2 heterocycles. The molecule has 3 N–H and O–H groups in total. The number of nitrogens with zero attached hydrogens (tertiary/aromatic N) is 2. The third-order valence-electron chi connectivity index (χ3n) is 2.31. The van der Waals surface area contributed by atoms with Crippen LogP contribution in [-0.2, 0) is 6.54 Å². The van der Waals surface area contributed by atoms with Gasteiger partial charge in [0.1, 0.15) is 22.3 Å². The zero-order chi connectivity index (χ0) is 14.4. The summed E-state index contributed by atoms with van der Waals surface area (Å²) in [5.74, 6) is 0.0964. The van der Waals surface area contributed by atoms with Crippen LogP contribution < -0.4 is 15.8 Å². The number of halogens is 3. The largest absolute Gasteiger partial charge is 0.475 e. The fraction of sp³-hybridized carbons (Fsp3) is 0.250. The average molecular weight is 386 g/mol. The standard InChI is InChI=1S/C12H13ClN4O2S.2ClH/c13-8-2-1-3-16-12(8)19-5-4-15-11(18)9-7-20-10(6-14)17-9;;/h1-3,7H,4-6,14H2,(H,15,18);2*1H. The molecule has 10 heteroatoms. The summed E-state index contributed by atoms with van der Waals surface area (Å²) in [7, 11) is 0. The summed E-state index contributed by atoms with van der Waals surface area (Å²) in [6.45, 7) is 0.941. The average Bonchev–Trinajstić information content (AvgIpc) is 2.94. The van der Waals surface area contributed by atoms with E-state index in [4.69, 9.17) is 22.1 Å². The van der Waals surface area contributed by atoms with Crippen LogP contribution in [0.3, 0.4) is 0 Å². The zero-order valence-electron chi connectivity index (χ0n) is 11.3. The van der Waals surface area contributed by atoms with Gasteiger partial charge in [-0.05, 0) is 12.1 Å². The highest BCUT2D eigenvalue weighted by atomic mass is 35.5. The molecule has 0 atom stereocenters. The molecule has 0 aromatic carbocycles. The SMILES string of the molecule is Cl.Cl.NCc1nc(C(=O)NCCOc2ncccc2Cl)cs1. The summed E-state index contributed by atoms with van der Waals surface area (Å²) in [6, 6.07) is 3.40. The summed E-state index contributed by atoms with van der Waals surface area (Å²) in [5, 5.41) is 5.53. The van der Waals surface area contributed by atoms with E-state index in [1.165, 1.54) is 11.3 Å². The predicted octanol–water partition coefficient (Wildman–Crippen LogP) is 2.30. The molecular weight excluding hydrogens is 371 g/mol. The molecule has 22 heavy (non-hydrogen) atoms. The number of pyridine rings is 1. The van der Waals surface area contributed by atoms with E-state index in [1.807, 2.05) is 0 Å². The van der Waals surface area contributed by atoms with Crippen LogP contribution in [0.1, 0.15) is 15.5 Å². The van der Waals surface area contributed by atoms with Crippen LogP contribution in [0, 0.1) is 0 Å². The highest BCUT2D eigenvalue weighted by Gasteiger charge is 2.09. The van der Waals surface area contributed by atoms with E-state index in [1.54, 1.807) is 23.7 Å². The summed E-state index contributed by atoms with van der Waals surface area (Å²) in [4.78, 5) is 19.8. The molecule has 0 spiro atoms. The second kappa shape index (κ2) is 10.6. The Kier molecular flexibility index (Phi) is 10.0. The summed E-state index contributed by atoms with van der Waals surface area (Å²) in [5.41, 5.74) is 5.81. The Morgan fingerprint density at radius 2 is 2.23 bits per heavy atom. The van der Waals surface area contributed by atoms with Crippen molar-refractivity contribution in [3.63, 3.8) is 0 Å². The maximum atomic E-state index is 11.7. The van der Waals surface area contributed by atoms with Gasteiger partial charge in [0.05, 0.1) is 6.54 Å². The third kappa shape index (κ3) is 5.94. The molecule has 2 aromatic heterocycles. The van der Waals surface area contributed by atoms with Gasteiger partial charge in [0, 0.05) is 18.1 Å². The van der Waals surface area contributed by atoms with Crippen LogP contribution >= 0.6 is 47.8 Å². The van der Waals surface area contributed by atoms with Crippen LogP contribution in [0.15, 0.2) is 23.7 Å². The number of carbonyl (C=O) groups is 1. The fourth-order valence-corrected chi connectivity index (χ4v) is 2.22. The molecule has 2 rings (SSSR count). The van der Waals surface area contributed by atoms with Gasteiger partial charge in [0.15, 0.2) is 0 Å². The lowest BCUT2D eigenvalue weighted by atomic mass is 10.4. The topological polar surface area (TPSA) is 90.1 Å². The first kappa shape index (κ1) is 20.9. The maximum absolute atomic E-state index is 11.7. The van der Waals surface area contributed by atoms with E-state index in [-0.39, 0.29) is 37.3 Å². The van der Waals surface area contributed by atoms with Crippen molar-refractivity contribution in [1.29, 1.82) is 0 Å². The van der Waals surface area contributed by atoms with Gasteiger partial charge in [-0.3, -0.25) is 4.79 Å². The number of rotatable bonds is 6. The number of thiazole rings is 1. The van der Waals surface area contributed by atoms with Crippen molar-refractivity contribution >= 4 is 53.7 Å². The lowest BCUT2D eigenvalue weighted by Gasteiger charge is -2.07. The fourth-order valence-electron chi connectivity index (χ4n) is 1.39. The number of amides is 1. The van der Waals surface area contributed by atoms with Gasteiger partial charge >= 0.3 is 0 Å². The molecule has 0 bridgehead atoms. The Morgan fingerprint density at radius 1 is 1.45 bits per heavy atom. The van der Waals surface area contributed by atoms with Crippen molar-refractivity contribution < 1.29 is 9.53 Å². The van der Waals surface area contributed by atoms with Crippen LogP contribution in [0.2, 0.25) is 5.02 Å². The van der Waals surface area contributed by atoms with Gasteiger partial charge < -0.3 is 15.8 Å². The second-order valence-electron chi connectivity index (χ2n) is 3.73. The summed E-state index contributed by atoms with van der Waals surface area (Å²) < 4.78 is 5.35. The minimum atomic E-state index is -0.253. The van der Waals surface area contributed by atoms with Crippen LogP contribution in [0.4, 0.5) is 0 Å². The minimum absolute atomic E-state index is 0. The van der Waals surface area contributed by atoms with E-state index in [9.17, 15) is 4.79 Å². The van der Waals surface area contributed by atoms with E-state index < -0.39 is 0 Å². The predicted molar refractivity (Wildman–Crippen MR) is 91.6 cm³/mol. The number of ether oxygens (including phenoxy) is 1. The van der Waals surface area contributed by atoms with E-state index in [2.05, 4.69) is 15.3 Å². The van der Waals surface area contributed by atoms with Crippen LogP contribution in [0.5, 0.6) is 5.88 Å². The number of aromatic nitrogens is 2. The molecule has 0 saturated heterocycles. The highest BCUT2D eigenvalue weighted by Crippen LogP contribution is 2.19. The van der Waals surface area contributed by atoms with E-state index in [0.717, 1.165) is 5.01 Å². The molecule has 2 aromatic rings. The lowest BCUT2D eigenvalue weighted by Crippen LogP contribution is -2.28. The molecule has 0 aliphatic rings. The second-order valence-corrected chi connectivity index (χ2v) is 5.08. The zero-order valence-corrected chi connectivity index (χ0v) is 14.5. The van der Waals surface area contributed by atoms with Crippen molar-refractivity contribution in [2.75, 3.05) is 13.2 Å². The van der Waals surface area contributed by atoms with Crippen molar-refractivity contribution in [2.45, 2.75) is 6.54 Å². The van der Waals surface area contributed by atoms with Crippen molar-refractivity contribution in [2.24, 2.45) is 5.73 Å². The monoisotopic (exact) mass is 384 g/mol. The molecule has 0 radical (unpaired) electrons. The molecule has 1 amide bonds. The maximum Gasteiger partial charge on any atom is 0.270 e. The molecule has 122 valence electrons. The van der Waals surface area contributed by atoms with Gasteiger partial charge in [-0.25, -0.2) is 9.97 Å². The number of hydrogen-bond acceptors (Lipinski definition) is 6.